The summed E-state index contributed by atoms with van der Waals surface area (Å²) in [5.74, 6) is -1.62. The maximum atomic E-state index is 11.2. The summed E-state index contributed by atoms with van der Waals surface area (Å²) in [7, 11) is 1.39. The van der Waals surface area contributed by atoms with Crippen LogP contribution in [0.3, 0.4) is 0 Å². The van der Waals surface area contributed by atoms with Crippen molar-refractivity contribution in [3.63, 3.8) is 0 Å². The third-order valence-electron chi connectivity index (χ3n) is 2.90. The van der Waals surface area contributed by atoms with Gasteiger partial charge in [0, 0.05) is 12.1 Å². The van der Waals surface area contributed by atoms with Gasteiger partial charge in [0.1, 0.15) is 0 Å². The molecule has 0 heterocycles. The Morgan fingerprint density at radius 3 is 2.44 bits per heavy atom. The Hall–Kier alpha value is -1.75. The lowest BCUT2D eigenvalue weighted by atomic mass is 9.92. The molecule has 4 N–H and O–H groups in total. The van der Waals surface area contributed by atoms with Gasteiger partial charge in [0.25, 0.3) is 0 Å². The molecule has 0 aromatic heterocycles. The molecule has 5 nitrogen and oxygen atoms in total. The summed E-state index contributed by atoms with van der Waals surface area (Å²) in [6.45, 7) is 3.87. The molecule has 0 saturated carbocycles. The highest BCUT2D eigenvalue weighted by Gasteiger charge is 2.25. The number of phenolic OH excluding ortho intramolecular Hbond substituents is 1. The van der Waals surface area contributed by atoms with E-state index >= 15 is 0 Å². The van der Waals surface area contributed by atoms with Crippen LogP contribution in [0.2, 0.25) is 0 Å². The highest BCUT2D eigenvalue weighted by atomic mass is 16.5. The van der Waals surface area contributed by atoms with E-state index in [9.17, 15) is 9.90 Å². The zero-order chi connectivity index (χ0) is 13.9. The Bertz CT molecular complexity index is 443. The van der Waals surface area contributed by atoms with E-state index in [1.807, 2.05) is 13.8 Å². The zero-order valence-electron chi connectivity index (χ0n) is 10.8. The molecule has 1 rings (SSSR count). The molecule has 100 valence electrons. The van der Waals surface area contributed by atoms with Gasteiger partial charge in [-0.25, -0.2) is 0 Å². The summed E-state index contributed by atoms with van der Waals surface area (Å²) >= 11 is 0. The van der Waals surface area contributed by atoms with Crippen molar-refractivity contribution in [1.29, 1.82) is 0 Å². The highest BCUT2D eigenvalue weighted by Crippen LogP contribution is 2.37. The Balaban J connectivity index is 3.42. The van der Waals surface area contributed by atoms with Crippen LogP contribution in [0.5, 0.6) is 11.5 Å². The fraction of sp³-hybridized carbons (Fsp3) is 0.462. The van der Waals surface area contributed by atoms with Crippen LogP contribution in [0, 0.1) is 0 Å². The second kappa shape index (κ2) is 5.73. The lowest BCUT2D eigenvalue weighted by molar-refractivity contribution is -0.138. The summed E-state index contributed by atoms with van der Waals surface area (Å²) in [4.78, 5) is 11.2. The Kier molecular flexibility index (Phi) is 4.55. The van der Waals surface area contributed by atoms with Crippen molar-refractivity contribution in [2.75, 3.05) is 13.7 Å². The largest absolute Gasteiger partial charge is 0.504 e. The van der Waals surface area contributed by atoms with Crippen molar-refractivity contribution in [3.05, 3.63) is 23.3 Å². The normalized spacial score (nSPS) is 12.5. The number of aliphatic carboxylic acids is 1. The fourth-order valence-corrected chi connectivity index (χ4v) is 1.83. The minimum Gasteiger partial charge on any atom is -0.504 e. The highest BCUT2D eigenvalue weighted by molar-refractivity contribution is 5.78. The van der Waals surface area contributed by atoms with Crippen LogP contribution in [0.4, 0.5) is 0 Å². The number of carboxylic acids is 1. The van der Waals surface area contributed by atoms with E-state index < -0.39 is 11.9 Å². The molecule has 0 saturated heterocycles. The van der Waals surface area contributed by atoms with Crippen LogP contribution >= 0.6 is 0 Å². The minimum atomic E-state index is -1.03. The van der Waals surface area contributed by atoms with Gasteiger partial charge < -0.3 is 20.7 Å². The number of methoxy groups -OCH3 is 1. The van der Waals surface area contributed by atoms with Crippen molar-refractivity contribution < 1.29 is 19.7 Å². The van der Waals surface area contributed by atoms with E-state index in [4.69, 9.17) is 15.6 Å². The van der Waals surface area contributed by atoms with Crippen molar-refractivity contribution in [1.82, 2.24) is 0 Å². The summed E-state index contributed by atoms with van der Waals surface area (Å²) in [5, 5.41) is 19.0. The van der Waals surface area contributed by atoms with Crippen molar-refractivity contribution in [2.45, 2.75) is 25.7 Å². The van der Waals surface area contributed by atoms with E-state index in [0.29, 0.717) is 5.56 Å². The maximum Gasteiger partial charge on any atom is 0.312 e. The molecular formula is C13H19NO4. The minimum absolute atomic E-state index is 0.0489. The average molecular weight is 253 g/mol. The second-order valence-corrected chi connectivity index (χ2v) is 4.44. The summed E-state index contributed by atoms with van der Waals surface area (Å²) in [6.07, 6.45) is 0. The number of aromatic hydroxyl groups is 1. The van der Waals surface area contributed by atoms with Gasteiger partial charge >= 0.3 is 5.97 Å². The molecule has 0 aliphatic heterocycles. The average Bonchev–Trinajstić information content (AvgIpc) is 2.28. The molecule has 5 heteroatoms. The zero-order valence-corrected chi connectivity index (χ0v) is 10.8. The molecule has 18 heavy (non-hydrogen) atoms. The summed E-state index contributed by atoms with van der Waals surface area (Å²) in [5.41, 5.74) is 6.75. The first kappa shape index (κ1) is 14.3. The molecular weight excluding hydrogens is 234 g/mol. The second-order valence-electron chi connectivity index (χ2n) is 4.44. The Labute approximate surface area is 106 Å². The van der Waals surface area contributed by atoms with Crippen LogP contribution in [-0.2, 0) is 4.79 Å². The Morgan fingerprint density at radius 2 is 2.06 bits per heavy atom. The van der Waals surface area contributed by atoms with Gasteiger partial charge in [0.2, 0.25) is 0 Å². The van der Waals surface area contributed by atoms with E-state index in [1.165, 1.54) is 7.11 Å². The number of nitrogens with two attached hydrogens (primary N) is 1. The first-order valence-corrected chi connectivity index (χ1v) is 5.76. The monoisotopic (exact) mass is 253 g/mol. The molecule has 0 spiro atoms. The van der Waals surface area contributed by atoms with Crippen molar-refractivity contribution in [2.24, 2.45) is 5.73 Å². The number of carbonyl (C=O) groups is 1. The molecule has 0 aliphatic rings. The molecule has 0 fully saturated rings. The quantitative estimate of drug-likeness (QED) is 0.742. The van der Waals surface area contributed by atoms with Gasteiger partial charge in [-0.3, -0.25) is 4.79 Å². The molecule has 0 bridgehead atoms. The lowest BCUT2D eigenvalue weighted by Crippen LogP contribution is -2.22. The molecule has 1 unspecified atom stereocenters. The first-order valence-electron chi connectivity index (χ1n) is 5.76. The van der Waals surface area contributed by atoms with Crippen LogP contribution in [0.15, 0.2) is 12.1 Å². The topological polar surface area (TPSA) is 92.8 Å². The molecule has 1 aromatic carbocycles. The SMILES string of the molecule is COc1c(O)cc(C(C)C)cc1C(CN)C(=O)O. The summed E-state index contributed by atoms with van der Waals surface area (Å²) in [6, 6.07) is 3.32. The Morgan fingerprint density at radius 1 is 1.44 bits per heavy atom. The number of hydrogen-bond donors (Lipinski definition) is 3. The lowest BCUT2D eigenvalue weighted by Gasteiger charge is -2.18. The third-order valence-corrected chi connectivity index (χ3v) is 2.90. The fourth-order valence-electron chi connectivity index (χ4n) is 1.83. The van der Waals surface area contributed by atoms with Crippen molar-refractivity contribution >= 4 is 5.97 Å². The first-order chi connectivity index (χ1) is 8.42. The van der Waals surface area contributed by atoms with Gasteiger partial charge in [0.05, 0.1) is 13.0 Å². The molecule has 0 radical (unpaired) electrons. The predicted octanol–water partition coefficient (Wildman–Crippen LogP) is 1.65. The van der Waals surface area contributed by atoms with Gasteiger partial charge in [-0.1, -0.05) is 19.9 Å². The van der Waals surface area contributed by atoms with E-state index in [0.717, 1.165) is 5.56 Å². The molecule has 1 atom stereocenters. The van der Waals surface area contributed by atoms with Crippen LogP contribution < -0.4 is 10.5 Å². The smallest absolute Gasteiger partial charge is 0.312 e. The number of benzene rings is 1. The standard InChI is InChI=1S/C13H19NO4/c1-7(2)8-4-9(10(6-14)13(16)17)12(18-3)11(15)5-8/h4-5,7,10,15H,6,14H2,1-3H3,(H,16,17). The van der Waals surface area contributed by atoms with Crippen LogP contribution in [-0.4, -0.2) is 29.8 Å². The number of carboxylic acid groups (broad SMARTS) is 1. The molecule has 0 amide bonds. The molecule has 0 aliphatic carbocycles. The number of phenols is 1. The van der Waals surface area contributed by atoms with E-state index in [2.05, 4.69) is 0 Å². The third kappa shape index (κ3) is 2.73. The van der Waals surface area contributed by atoms with E-state index in [-0.39, 0.29) is 24.0 Å². The van der Waals surface area contributed by atoms with Crippen molar-refractivity contribution in [3.8, 4) is 11.5 Å². The molecule has 1 aromatic rings. The van der Waals surface area contributed by atoms with Gasteiger partial charge in [-0.2, -0.15) is 0 Å². The van der Waals surface area contributed by atoms with E-state index in [1.54, 1.807) is 12.1 Å². The van der Waals surface area contributed by atoms with Gasteiger partial charge in [-0.15, -0.1) is 0 Å². The number of rotatable bonds is 5. The summed E-state index contributed by atoms with van der Waals surface area (Å²) < 4.78 is 5.07. The predicted molar refractivity (Wildman–Crippen MR) is 68.2 cm³/mol. The van der Waals surface area contributed by atoms with Crippen LogP contribution in [0.25, 0.3) is 0 Å². The maximum absolute atomic E-state index is 11.2. The van der Waals surface area contributed by atoms with Gasteiger partial charge in [-0.05, 0) is 17.5 Å². The number of hydrogen-bond acceptors (Lipinski definition) is 4. The van der Waals surface area contributed by atoms with Gasteiger partial charge in [0.15, 0.2) is 11.5 Å². The number of ether oxygens (including phenoxy) is 1. The van der Waals surface area contributed by atoms with Crippen LogP contribution in [0.1, 0.15) is 36.8 Å².